The summed E-state index contributed by atoms with van der Waals surface area (Å²) in [6, 6.07) is 5.96. The molecule has 0 spiro atoms. The third kappa shape index (κ3) is 1.30. The summed E-state index contributed by atoms with van der Waals surface area (Å²) in [6.45, 7) is 2.02. The van der Waals surface area contributed by atoms with Crippen LogP contribution in [0.4, 0.5) is 5.95 Å². The van der Waals surface area contributed by atoms with Crippen LogP contribution in [-0.2, 0) is 0 Å². The number of fused-ring (bicyclic) bond motifs is 1. The lowest BCUT2D eigenvalue weighted by molar-refractivity contribution is 1.35. The normalized spacial score (nSPS) is 9.75. The number of nitrogens with one attached hydrogen (secondary N) is 1. The highest BCUT2D eigenvalue weighted by Gasteiger charge is 1.99. The first kappa shape index (κ1) is 9.06. The summed E-state index contributed by atoms with van der Waals surface area (Å²) in [6.07, 6.45) is 0. The minimum absolute atomic E-state index is 0. The van der Waals surface area contributed by atoms with Crippen LogP contribution < -0.4 is 5.73 Å². The van der Waals surface area contributed by atoms with Crippen LogP contribution in [0.2, 0.25) is 0 Å². The van der Waals surface area contributed by atoms with E-state index in [0.717, 1.165) is 16.6 Å². The van der Waals surface area contributed by atoms with Crippen LogP contribution in [0.25, 0.3) is 11.0 Å². The molecule has 0 aliphatic rings. The molecule has 0 saturated heterocycles. The van der Waals surface area contributed by atoms with Crippen LogP contribution in [-0.4, -0.2) is 9.97 Å². The zero-order valence-corrected chi connectivity index (χ0v) is 8.38. The summed E-state index contributed by atoms with van der Waals surface area (Å²) in [5.74, 6) is 0.481. The SMILES string of the molecule is Br.Cc1cccc2[nH]c(N)nc12. The third-order valence-electron chi connectivity index (χ3n) is 1.73. The average Bonchev–Trinajstić information content (AvgIpc) is 2.31. The van der Waals surface area contributed by atoms with Crippen molar-refractivity contribution < 1.29 is 0 Å². The lowest BCUT2D eigenvalue weighted by Gasteiger charge is -1.90. The number of imidazole rings is 1. The van der Waals surface area contributed by atoms with E-state index in [0.29, 0.717) is 5.95 Å². The van der Waals surface area contributed by atoms with E-state index >= 15 is 0 Å². The number of halogens is 1. The van der Waals surface area contributed by atoms with E-state index in [-0.39, 0.29) is 17.0 Å². The van der Waals surface area contributed by atoms with Crippen LogP contribution in [0.3, 0.4) is 0 Å². The summed E-state index contributed by atoms with van der Waals surface area (Å²) >= 11 is 0. The molecule has 0 radical (unpaired) electrons. The van der Waals surface area contributed by atoms with E-state index in [2.05, 4.69) is 9.97 Å². The first-order valence-corrected chi connectivity index (χ1v) is 3.48. The third-order valence-corrected chi connectivity index (χ3v) is 1.73. The fraction of sp³-hybridized carbons (Fsp3) is 0.125. The van der Waals surface area contributed by atoms with Crippen molar-refractivity contribution in [2.75, 3.05) is 5.73 Å². The Morgan fingerprint density at radius 3 is 2.83 bits per heavy atom. The Balaban J connectivity index is 0.000000720. The van der Waals surface area contributed by atoms with E-state index in [1.165, 1.54) is 0 Å². The van der Waals surface area contributed by atoms with E-state index in [1.54, 1.807) is 0 Å². The standard InChI is InChI=1S/C8H9N3.BrH/c1-5-3-2-4-6-7(5)11-8(9)10-6;/h2-4H,1H3,(H3,9,10,11);1H. The van der Waals surface area contributed by atoms with Gasteiger partial charge in [0.15, 0.2) is 5.95 Å². The molecule has 0 fully saturated rings. The average molecular weight is 228 g/mol. The number of rotatable bonds is 0. The maximum atomic E-state index is 5.49. The first-order chi connectivity index (χ1) is 5.27. The lowest BCUT2D eigenvalue weighted by Crippen LogP contribution is -1.84. The van der Waals surface area contributed by atoms with Crippen molar-refractivity contribution in [3.8, 4) is 0 Å². The Morgan fingerprint density at radius 1 is 1.42 bits per heavy atom. The number of nitrogens with zero attached hydrogens (tertiary/aromatic N) is 1. The molecule has 0 bridgehead atoms. The fourth-order valence-corrected chi connectivity index (χ4v) is 1.19. The molecule has 0 unspecified atom stereocenters. The molecule has 0 aliphatic heterocycles. The Bertz CT molecular complexity index is 394. The summed E-state index contributed by atoms with van der Waals surface area (Å²) in [4.78, 5) is 7.10. The van der Waals surface area contributed by atoms with E-state index in [1.807, 2.05) is 25.1 Å². The Hall–Kier alpha value is -1.03. The number of aromatic amines is 1. The van der Waals surface area contributed by atoms with Gasteiger partial charge in [-0.2, -0.15) is 0 Å². The van der Waals surface area contributed by atoms with Gasteiger partial charge >= 0.3 is 0 Å². The quantitative estimate of drug-likeness (QED) is 0.724. The summed E-state index contributed by atoms with van der Waals surface area (Å²) < 4.78 is 0. The molecule has 2 aromatic rings. The number of hydrogen-bond acceptors (Lipinski definition) is 2. The molecular formula is C8H10BrN3. The van der Waals surface area contributed by atoms with Crippen LogP contribution in [0.5, 0.6) is 0 Å². The van der Waals surface area contributed by atoms with Crippen molar-refractivity contribution in [1.29, 1.82) is 0 Å². The van der Waals surface area contributed by atoms with Crippen LogP contribution in [0, 0.1) is 6.92 Å². The van der Waals surface area contributed by atoms with Crippen molar-refractivity contribution in [1.82, 2.24) is 9.97 Å². The van der Waals surface area contributed by atoms with Gasteiger partial charge in [-0.25, -0.2) is 4.98 Å². The Morgan fingerprint density at radius 2 is 2.17 bits per heavy atom. The predicted molar refractivity (Wildman–Crippen MR) is 55.6 cm³/mol. The molecule has 0 amide bonds. The highest BCUT2D eigenvalue weighted by atomic mass is 79.9. The molecule has 0 atom stereocenters. The zero-order valence-electron chi connectivity index (χ0n) is 6.66. The van der Waals surface area contributed by atoms with Crippen molar-refractivity contribution in [3.05, 3.63) is 23.8 Å². The summed E-state index contributed by atoms with van der Waals surface area (Å²) in [7, 11) is 0. The molecular weight excluding hydrogens is 218 g/mol. The lowest BCUT2D eigenvalue weighted by atomic mass is 10.2. The van der Waals surface area contributed by atoms with E-state index < -0.39 is 0 Å². The van der Waals surface area contributed by atoms with Crippen LogP contribution in [0.15, 0.2) is 18.2 Å². The molecule has 1 aromatic heterocycles. The number of nitrogens with two attached hydrogens (primary N) is 1. The van der Waals surface area contributed by atoms with Gasteiger partial charge in [-0.05, 0) is 18.6 Å². The van der Waals surface area contributed by atoms with Crippen molar-refractivity contribution in [2.45, 2.75) is 6.92 Å². The van der Waals surface area contributed by atoms with Gasteiger partial charge in [-0.15, -0.1) is 17.0 Å². The van der Waals surface area contributed by atoms with E-state index in [4.69, 9.17) is 5.73 Å². The molecule has 4 heteroatoms. The van der Waals surface area contributed by atoms with Crippen LogP contribution >= 0.6 is 17.0 Å². The van der Waals surface area contributed by atoms with Crippen LogP contribution in [0.1, 0.15) is 5.56 Å². The Kier molecular flexibility index (Phi) is 2.38. The second-order valence-electron chi connectivity index (χ2n) is 2.59. The molecule has 3 nitrogen and oxygen atoms in total. The van der Waals surface area contributed by atoms with Gasteiger partial charge < -0.3 is 10.7 Å². The molecule has 0 saturated carbocycles. The van der Waals surface area contributed by atoms with Gasteiger partial charge in [0.1, 0.15) is 0 Å². The second kappa shape index (κ2) is 3.15. The predicted octanol–water partition coefficient (Wildman–Crippen LogP) is 2.03. The van der Waals surface area contributed by atoms with Gasteiger partial charge in [0.25, 0.3) is 0 Å². The summed E-state index contributed by atoms with van der Waals surface area (Å²) in [5.41, 5.74) is 8.61. The number of hydrogen-bond donors (Lipinski definition) is 2. The number of aryl methyl sites for hydroxylation is 1. The first-order valence-electron chi connectivity index (χ1n) is 3.48. The van der Waals surface area contributed by atoms with Gasteiger partial charge in [0.2, 0.25) is 0 Å². The number of para-hydroxylation sites is 1. The van der Waals surface area contributed by atoms with Gasteiger partial charge in [0, 0.05) is 0 Å². The molecule has 12 heavy (non-hydrogen) atoms. The smallest absolute Gasteiger partial charge is 0.198 e. The fourth-order valence-electron chi connectivity index (χ4n) is 1.19. The Labute approximate surface area is 80.8 Å². The van der Waals surface area contributed by atoms with Crippen molar-refractivity contribution in [3.63, 3.8) is 0 Å². The molecule has 3 N–H and O–H groups in total. The highest BCUT2D eigenvalue weighted by molar-refractivity contribution is 8.93. The topological polar surface area (TPSA) is 54.7 Å². The van der Waals surface area contributed by atoms with Crippen molar-refractivity contribution in [2.24, 2.45) is 0 Å². The molecule has 1 aromatic carbocycles. The van der Waals surface area contributed by atoms with Gasteiger partial charge in [-0.1, -0.05) is 12.1 Å². The van der Waals surface area contributed by atoms with Gasteiger partial charge in [-0.3, -0.25) is 0 Å². The van der Waals surface area contributed by atoms with Gasteiger partial charge in [0.05, 0.1) is 11.0 Å². The maximum Gasteiger partial charge on any atom is 0.198 e. The largest absolute Gasteiger partial charge is 0.369 e. The monoisotopic (exact) mass is 227 g/mol. The number of aromatic nitrogens is 2. The molecule has 0 aliphatic carbocycles. The molecule has 2 rings (SSSR count). The molecule has 1 heterocycles. The minimum Gasteiger partial charge on any atom is -0.369 e. The zero-order chi connectivity index (χ0) is 7.84. The molecule has 64 valence electrons. The van der Waals surface area contributed by atoms with E-state index in [9.17, 15) is 0 Å². The number of anilines is 1. The minimum atomic E-state index is 0. The second-order valence-corrected chi connectivity index (χ2v) is 2.59. The number of benzene rings is 1. The number of nitrogen functional groups attached to an aromatic ring is 1. The van der Waals surface area contributed by atoms with Crippen molar-refractivity contribution >= 4 is 34.0 Å². The summed E-state index contributed by atoms with van der Waals surface area (Å²) in [5, 5.41) is 0. The maximum absolute atomic E-state index is 5.49. The highest BCUT2D eigenvalue weighted by Crippen LogP contribution is 2.15. The number of H-pyrrole nitrogens is 1.